The Hall–Kier alpha value is -2.36. The van der Waals surface area contributed by atoms with Gasteiger partial charge in [0.2, 0.25) is 0 Å². The molecule has 0 radical (unpaired) electrons. The molecule has 1 saturated heterocycles. The van der Waals surface area contributed by atoms with Crippen molar-refractivity contribution in [3.05, 3.63) is 59.1 Å². The van der Waals surface area contributed by atoms with Crippen molar-refractivity contribution in [2.24, 2.45) is 0 Å². The summed E-state index contributed by atoms with van der Waals surface area (Å²) < 4.78 is 6.04. The highest BCUT2D eigenvalue weighted by Crippen LogP contribution is 2.26. The van der Waals surface area contributed by atoms with Crippen molar-refractivity contribution < 1.29 is 24.5 Å². The van der Waals surface area contributed by atoms with E-state index in [0.717, 1.165) is 6.42 Å². The lowest BCUT2D eigenvalue weighted by Crippen LogP contribution is -2.36. The first-order valence-corrected chi connectivity index (χ1v) is 12.3. The zero-order valence-corrected chi connectivity index (χ0v) is 19.8. The molecule has 2 aromatic rings. The molecule has 1 amide bonds. The summed E-state index contributed by atoms with van der Waals surface area (Å²) in [6.07, 6.45) is 5.13. The number of carbonyl (C=O) groups excluding carboxylic acids is 1. The van der Waals surface area contributed by atoms with Crippen LogP contribution in [0.5, 0.6) is 0 Å². The molecular weight excluding hydrogens is 448 g/mol. The summed E-state index contributed by atoms with van der Waals surface area (Å²) in [5.41, 5.74) is 0.387. The third-order valence-corrected chi connectivity index (χ3v) is 7.31. The van der Waals surface area contributed by atoms with Gasteiger partial charge in [-0.3, -0.25) is 4.90 Å². The molecule has 0 saturated carbocycles. The van der Waals surface area contributed by atoms with Crippen molar-refractivity contribution in [3.63, 3.8) is 0 Å². The number of rotatable bonds is 11. The smallest absolute Gasteiger partial charge is 0.410 e. The predicted molar refractivity (Wildman–Crippen MR) is 125 cm³/mol. The van der Waals surface area contributed by atoms with Crippen molar-refractivity contribution in [1.82, 2.24) is 9.88 Å². The van der Waals surface area contributed by atoms with Gasteiger partial charge >= 0.3 is 12.1 Å². The average Bonchev–Trinajstić information content (AvgIpc) is 3.33. The molecule has 1 aromatic carbocycles. The molecule has 2 heterocycles. The number of aromatic nitrogens is 1. The number of carboxylic acids is 1. The van der Waals surface area contributed by atoms with E-state index in [-0.39, 0.29) is 23.9 Å². The molecular formula is C23H28N2O5S2. The van der Waals surface area contributed by atoms with Gasteiger partial charge in [0, 0.05) is 17.7 Å². The third kappa shape index (κ3) is 6.82. The van der Waals surface area contributed by atoms with E-state index >= 15 is 0 Å². The lowest BCUT2D eigenvalue weighted by Gasteiger charge is -2.23. The van der Waals surface area contributed by atoms with Gasteiger partial charge in [-0.05, 0) is 38.7 Å². The van der Waals surface area contributed by atoms with E-state index < -0.39 is 11.6 Å². The lowest BCUT2D eigenvalue weighted by atomic mass is 9.93. The van der Waals surface area contributed by atoms with E-state index in [1.165, 1.54) is 34.0 Å². The van der Waals surface area contributed by atoms with Crippen molar-refractivity contribution >= 4 is 35.2 Å². The number of nitrogens with zero attached hydrogens (tertiary/aromatic N) is 2. The first-order chi connectivity index (χ1) is 15.2. The van der Waals surface area contributed by atoms with E-state index in [1.54, 1.807) is 4.90 Å². The number of hydrogen-bond donors (Lipinski definition) is 2. The minimum atomic E-state index is -1.05. The molecule has 0 spiro atoms. The van der Waals surface area contributed by atoms with Crippen LogP contribution in [0.4, 0.5) is 4.79 Å². The van der Waals surface area contributed by atoms with Gasteiger partial charge in [0.1, 0.15) is 6.10 Å². The Morgan fingerprint density at radius 2 is 2.12 bits per heavy atom. The van der Waals surface area contributed by atoms with Gasteiger partial charge in [-0.2, -0.15) is 0 Å². The van der Waals surface area contributed by atoms with Crippen molar-refractivity contribution in [1.29, 1.82) is 0 Å². The maximum atomic E-state index is 12.3. The molecule has 1 aliphatic rings. The minimum Gasteiger partial charge on any atom is -0.476 e. The predicted octanol–water partition coefficient (Wildman–Crippen LogP) is 4.47. The van der Waals surface area contributed by atoms with Crippen LogP contribution in [0.15, 0.2) is 52.2 Å². The lowest BCUT2D eigenvalue weighted by molar-refractivity contribution is 0.0541. The SMILES string of the molecule is CC1OC(=O)N(CCSc2nc(C(=O)O)cs2)C1C=CCC(C)(O)CCc1ccccc1. The third-order valence-electron chi connectivity index (χ3n) is 5.31. The van der Waals surface area contributed by atoms with Crippen LogP contribution in [-0.2, 0) is 11.2 Å². The molecule has 172 valence electrons. The number of aryl methyl sites for hydroxylation is 1. The summed E-state index contributed by atoms with van der Waals surface area (Å²) in [4.78, 5) is 28.9. The summed E-state index contributed by atoms with van der Waals surface area (Å²) in [7, 11) is 0. The van der Waals surface area contributed by atoms with Gasteiger partial charge in [0.15, 0.2) is 10.0 Å². The number of benzene rings is 1. The summed E-state index contributed by atoms with van der Waals surface area (Å²) >= 11 is 2.69. The Balaban J connectivity index is 1.50. The Bertz CT molecular complexity index is 945. The van der Waals surface area contributed by atoms with Gasteiger partial charge < -0.3 is 14.9 Å². The molecule has 0 aliphatic carbocycles. The normalized spacial score (nSPS) is 20.5. The molecule has 1 aliphatic heterocycles. The molecule has 32 heavy (non-hydrogen) atoms. The van der Waals surface area contributed by atoms with Gasteiger partial charge in [-0.15, -0.1) is 11.3 Å². The molecule has 2 N–H and O–H groups in total. The molecule has 1 aromatic heterocycles. The number of thioether (sulfide) groups is 1. The van der Waals surface area contributed by atoms with E-state index in [2.05, 4.69) is 17.1 Å². The fourth-order valence-electron chi connectivity index (χ4n) is 3.45. The molecule has 3 unspecified atom stereocenters. The maximum Gasteiger partial charge on any atom is 0.410 e. The van der Waals surface area contributed by atoms with E-state index in [9.17, 15) is 14.7 Å². The molecule has 3 rings (SSSR count). The molecule has 9 heteroatoms. The second-order valence-corrected chi connectivity index (χ2v) is 10.2. The van der Waals surface area contributed by atoms with Gasteiger partial charge in [-0.25, -0.2) is 14.6 Å². The second-order valence-electron chi connectivity index (χ2n) is 8.04. The Kier molecular flexibility index (Phi) is 8.33. The van der Waals surface area contributed by atoms with Crippen molar-refractivity contribution in [3.8, 4) is 0 Å². The van der Waals surface area contributed by atoms with Gasteiger partial charge in [-0.1, -0.05) is 54.2 Å². The monoisotopic (exact) mass is 476 g/mol. The van der Waals surface area contributed by atoms with E-state index in [4.69, 9.17) is 9.84 Å². The van der Waals surface area contributed by atoms with Crippen LogP contribution in [0.25, 0.3) is 0 Å². The largest absolute Gasteiger partial charge is 0.476 e. The topological polar surface area (TPSA) is 100.0 Å². The van der Waals surface area contributed by atoms with Crippen molar-refractivity contribution in [2.45, 2.75) is 55.2 Å². The standard InChI is InChI=1S/C23H28N2O5S2/c1-16-19(9-6-11-23(2,29)12-10-17-7-4-3-5-8-17)25(22(28)30-16)13-14-31-21-24-18(15-32-21)20(26)27/h3-9,15-16,19,29H,10-14H2,1-2H3,(H,26,27). The highest BCUT2D eigenvalue weighted by molar-refractivity contribution is 8.01. The quantitative estimate of drug-likeness (QED) is 0.364. The molecule has 1 fully saturated rings. The Morgan fingerprint density at radius 3 is 2.81 bits per heavy atom. The number of ether oxygens (including phenoxy) is 1. The minimum absolute atomic E-state index is 0.0341. The number of aliphatic hydroxyl groups is 1. The van der Waals surface area contributed by atoms with E-state index in [1.807, 2.05) is 44.2 Å². The van der Waals surface area contributed by atoms with Crippen LogP contribution in [0, 0.1) is 0 Å². The van der Waals surface area contributed by atoms with Crippen LogP contribution in [0.2, 0.25) is 0 Å². The first kappa shape index (κ1) is 24.3. The van der Waals surface area contributed by atoms with Crippen LogP contribution in [0.3, 0.4) is 0 Å². The van der Waals surface area contributed by atoms with Crippen LogP contribution < -0.4 is 0 Å². The molecule has 0 bridgehead atoms. The number of carboxylic acid groups (broad SMARTS) is 1. The number of thiazole rings is 1. The number of cyclic esters (lactones) is 1. The number of hydrogen-bond acceptors (Lipinski definition) is 7. The highest BCUT2D eigenvalue weighted by atomic mass is 32.2. The van der Waals surface area contributed by atoms with E-state index in [0.29, 0.717) is 29.5 Å². The van der Waals surface area contributed by atoms with Crippen LogP contribution in [0.1, 0.15) is 42.7 Å². The molecule has 3 atom stereocenters. The molecule has 7 nitrogen and oxygen atoms in total. The fourth-order valence-corrected chi connectivity index (χ4v) is 5.26. The zero-order valence-electron chi connectivity index (χ0n) is 18.1. The number of carbonyl (C=O) groups is 2. The van der Waals surface area contributed by atoms with Crippen molar-refractivity contribution in [2.75, 3.05) is 12.3 Å². The highest BCUT2D eigenvalue weighted by Gasteiger charge is 2.37. The summed E-state index contributed by atoms with van der Waals surface area (Å²) in [6.45, 7) is 4.14. The maximum absolute atomic E-state index is 12.3. The first-order valence-electron chi connectivity index (χ1n) is 10.5. The number of aromatic carboxylic acids is 1. The van der Waals surface area contributed by atoms with Gasteiger partial charge in [0.25, 0.3) is 0 Å². The number of amides is 1. The van der Waals surface area contributed by atoms with Crippen LogP contribution in [-0.4, -0.2) is 62.2 Å². The van der Waals surface area contributed by atoms with Gasteiger partial charge in [0.05, 0.1) is 11.6 Å². The summed E-state index contributed by atoms with van der Waals surface area (Å²) in [6, 6.07) is 9.87. The second kappa shape index (κ2) is 11.0. The summed E-state index contributed by atoms with van der Waals surface area (Å²) in [5.74, 6) is -0.469. The average molecular weight is 477 g/mol. The van der Waals surface area contributed by atoms with Crippen LogP contribution >= 0.6 is 23.1 Å². The summed E-state index contributed by atoms with van der Waals surface area (Å²) in [5, 5.41) is 21.2. The Labute approximate surface area is 196 Å². The Morgan fingerprint density at radius 1 is 1.38 bits per heavy atom. The fraction of sp³-hybridized carbons (Fsp3) is 0.435. The zero-order chi connectivity index (χ0) is 23.1.